The predicted octanol–water partition coefficient (Wildman–Crippen LogP) is 3.63. The fraction of sp³-hybridized carbons (Fsp3) is 0.417. The third-order valence-corrected chi connectivity index (χ3v) is 3.83. The van der Waals surface area contributed by atoms with Gasteiger partial charge >= 0.3 is 0 Å². The van der Waals surface area contributed by atoms with Crippen LogP contribution in [0, 0.1) is 5.92 Å². The smallest absolute Gasteiger partial charge is 0.252 e. The summed E-state index contributed by atoms with van der Waals surface area (Å²) in [6, 6.07) is 5.57. The average molecular weight is 303 g/mol. The minimum atomic E-state index is -0.0236. The molecule has 86 valence electrons. The lowest BCUT2D eigenvalue weighted by Gasteiger charge is -2.06. The van der Waals surface area contributed by atoms with Gasteiger partial charge in [0.05, 0.1) is 5.56 Å². The maximum Gasteiger partial charge on any atom is 0.252 e. The van der Waals surface area contributed by atoms with Crippen LogP contribution in [0.15, 0.2) is 22.7 Å². The largest absolute Gasteiger partial charge is 0.349 e. The number of benzene rings is 1. The summed E-state index contributed by atoms with van der Waals surface area (Å²) in [5.41, 5.74) is 0.645. The number of amides is 1. The molecule has 0 radical (unpaired) electrons. The molecule has 0 bridgehead atoms. The molecule has 0 aromatic heterocycles. The topological polar surface area (TPSA) is 29.1 Å². The van der Waals surface area contributed by atoms with Crippen molar-refractivity contribution in [2.75, 3.05) is 0 Å². The van der Waals surface area contributed by atoms with Crippen LogP contribution >= 0.6 is 27.5 Å². The number of carbonyl (C=O) groups excluding carboxylic acids is 1. The van der Waals surface area contributed by atoms with E-state index in [0.29, 0.717) is 22.5 Å². The van der Waals surface area contributed by atoms with Gasteiger partial charge in [-0.2, -0.15) is 0 Å². The van der Waals surface area contributed by atoms with Crippen molar-refractivity contribution in [1.29, 1.82) is 0 Å². The van der Waals surface area contributed by atoms with Crippen LogP contribution in [0.4, 0.5) is 0 Å². The average Bonchev–Trinajstić information content (AvgIpc) is 2.96. The van der Waals surface area contributed by atoms with Crippen molar-refractivity contribution >= 4 is 33.4 Å². The molecule has 1 aromatic carbocycles. The number of carbonyl (C=O) groups is 1. The van der Waals surface area contributed by atoms with Gasteiger partial charge in [0.15, 0.2) is 0 Å². The quantitative estimate of drug-likeness (QED) is 0.907. The van der Waals surface area contributed by atoms with E-state index < -0.39 is 0 Å². The molecular formula is C12H13BrClNO. The summed E-state index contributed by atoms with van der Waals surface area (Å²) in [5, 5.41) is 3.65. The Bertz CT molecular complexity index is 421. The monoisotopic (exact) mass is 301 g/mol. The number of halogens is 2. The summed E-state index contributed by atoms with van der Waals surface area (Å²) in [7, 11) is 0. The Morgan fingerprint density at radius 2 is 2.38 bits per heavy atom. The van der Waals surface area contributed by atoms with Crippen molar-refractivity contribution in [2.45, 2.75) is 25.8 Å². The van der Waals surface area contributed by atoms with Crippen molar-refractivity contribution in [2.24, 2.45) is 5.92 Å². The fourth-order valence-electron chi connectivity index (χ4n) is 1.80. The van der Waals surface area contributed by atoms with Crippen LogP contribution in [-0.2, 0) is 0 Å². The van der Waals surface area contributed by atoms with E-state index in [1.54, 1.807) is 18.2 Å². The van der Waals surface area contributed by atoms with E-state index in [2.05, 4.69) is 28.2 Å². The van der Waals surface area contributed by atoms with Crippen molar-refractivity contribution in [3.63, 3.8) is 0 Å². The van der Waals surface area contributed by atoms with E-state index in [9.17, 15) is 4.79 Å². The predicted molar refractivity (Wildman–Crippen MR) is 68.8 cm³/mol. The SMILES string of the molecule is CCC1CC1NC(=O)c1ccc(Cl)cc1Br. The van der Waals surface area contributed by atoms with E-state index in [-0.39, 0.29) is 5.91 Å². The zero-order valence-corrected chi connectivity index (χ0v) is 11.3. The van der Waals surface area contributed by atoms with Gasteiger partial charge in [-0.25, -0.2) is 0 Å². The van der Waals surface area contributed by atoms with Gasteiger partial charge in [0.2, 0.25) is 0 Å². The van der Waals surface area contributed by atoms with Crippen LogP contribution in [0.3, 0.4) is 0 Å². The molecule has 1 aromatic rings. The van der Waals surface area contributed by atoms with E-state index in [1.165, 1.54) is 0 Å². The summed E-state index contributed by atoms with van der Waals surface area (Å²) >= 11 is 9.17. The summed E-state index contributed by atoms with van der Waals surface area (Å²) in [6.45, 7) is 2.15. The molecule has 1 saturated carbocycles. The molecule has 0 aliphatic heterocycles. The molecule has 0 spiro atoms. The molecule has 1 aliphatic rings. The molecule has 16 heavy (non-hydrogen) atoms. The first-order chi connectivity index (χ1) is 7.61. The van der Waals surface area contributed by atoms with Gasteiger partial charge < -0.3 is 5.32 Å². The Balaban J connectivity index is 2.04. The minimum absolute atomic E-state index is 0.0236. The molecule has 0 heterocycles. The summed E-state index contributed by atoms with van der Waals surface area (Å²) in [6.07, 6.45) is 2.24. The molecule has 1 N–H and O–H groups in total. The van der Waals surface area contributed by atoms with Crippen molar-refractivity contribution < 1.29 is 4.79 Å². The highest BCUT2D eigenvalue weighted by molar-refractivity contribution is 9.10. The highest BCUT2D eigenvalue weighted by Gasteiger charge is 2.36. The van der Waals surface area contributed by atoms with Crippen molar-refractivity contribution in [1.82, 2.24) is 5.32 Å². The maximum absolute atomic E-state index is 11.9. The normalized spacial score (nSPS) is 22.9. The van der Waals surface area contributed by atoms with Crippen LogP contribution in [0.25, 0.3) is 0 Å². The van der Waals surface area contributed by atoms with Gasteiger partial charge in [-0.3, -0.25) is 4.79 Å². The number of nitrogens with one attached hydrogen (secondary N) is 1. The van der Waals surface area contributed by atoms with Gasteiger partial charge in [-0.15, -0.1) is 0 Å². The Kier molecular flexibility index (Phi) is 3.55. The van der Waals surface area contributed by atoms with E-state index in [4.69, 9.17) is 11.6 Å². The minimum Gasteiger partial charge on any atom is -0.349 e. The second-order valence-corrected chi connectivity index (χ2v) is 5.40. The van der Waals surface area contributed by atoms with Crippen LogP contribution in [0.1, 0.15) is 30.1 Å². The summed E-state index contributed by atoms with van der Waals surface area (Å²) < 4.78 is 0.742. The van der Waals surface area contributed by atoms with E-state index in [1.807, 2.05) is 0 Å². The standard InChI is InChI=1S/C12H13BrClNO/c1-2-7-5-11(7)15-12(16)9-4-3-8(14)6-10(9)13/h3-4,6-7,11H,2,5H2,1H3,(H,15,16). The maximum atomic E-state index is 11.9. The zero-order valence-electron chi connectivity index (χ0n) is 8.97. The molecule has 2 unspecified atom stereocenters. The van der Waals surface area contributed by atoms with E-state index in [0.717, 1.165) is 17.3 Å². The second kappa shape index (κ2) is 4.76. The Morgan fingerprint density at radius 3 is 2.94 bits per heavy atom. The highest BCUT2D eigenvalue weighted by Crippen LogP contribution is 2.33. The first kappa shape index (κ1) is 11.9. The molecule has 2 atom stereocenters. The Hall–Kier alpha value is -0.540. The number of rotatable bonds is 3. The van der Waals surface area contributed by atoms with Crippen LogP contribution < -0.4 is 5.32 Å². The molecule has 1 aliphatic carbocycles. The first-order valence-electron chi connectivity index (χ1n) is 5.37. The third-order valence-electron chi connectivity index (χ3n) is 2.94. The van der Waals surface area contributed by atoms with Crippen LogP contribution in [0.5, 0.6) is 0 Å². The molecule has 2 rings (SSSR count). The van der Waals surface area contributed by atoms with Crippen LogP contribution in [-0.4, -0.2) is 11.9 Å². The lowest BCUT2D eigenvalue weighted by atomic mass is 10.2. The number of hydrogen-bond acceptors (Lipinski definition) is 1. The van der Waals surface area contributed by atoms with Gasteiger partial charge in [0.25, 0.3) is 5.91 Å². The first-order valence-corrected chi connectivity index (χ1v) is 6.54. The van der Waals surface area contributed by atoms with Gasteiger partial charge in [-0.1, -0.05) is 24.9 Å². The molecule has 1 amide bonds. The van der Waals surface area contributed by atoms with Crippen molar-refractivity contribution in [3.8, 4) is 0 Å². The zero-order chi connectivity index (χ0) is 11.7. The highest BCUT2D eigenvalue weighted by atomic mass is 79.9. The van der Waals surface area contributed by atoms with Gasteiger partial charge in [-0.05, 0) is 46.5 Å². The number of hydrogen-bond donors (Lipinski definition) is 1. The summed E-state index contributed by atoms with van der Waals surface area (Å²) in [5.74, 6) is 0.638. The molecule has 0 saturated heterocycles. The lowest BCUT2D eigenvalue weighted by molar-refractivity contribution is 0.0948. The van der Waals surface area contributed by atoms with Crippen molar-refractivity contribution in [3.05, 3.63) is 33.3 Å². The molecule has 4 heteroatoms. The van der Waals surface area contributed by atoms with Crippen LogP contribution in [0.2, 0.25) is 5.02 Å². The second-order valence-electron chi connectivity index (χ2n) is 4.11. The molecule has 1 fully saturated rings. The van der Waals surface area contributed by atoms with Gasteiger partial charge in [0, 0.05) is 15.5 Å². The Labute approximate surface area is 108 Å². The molecule has 2 nitrogen and oxygen atoms in total. The fourth-order valence-corrected chi connectivity index (χ4v) is 2.66. The van der Waals surface area contributed by atoms with Gasteiger partial charge in [0.1, 0.15) is 0 Å². The molecular weight excluding hydrogens is 289 g/mol. The lowest BCUT2D eigenvalue weighted by Crippen LogP contribution is -2.27. The van der Waals surface area contributed by atoms with E-state index >= 15 is 0 Å². The summed E-state index contributed by atoms with van der Waals surface area (Å²) in [4.78, 5) is 11.9. The Morgan fingerprint density at radius 1 is 1.62 bits per heavy atom. The third kappa shape index (κ3) is 2.58.